The lowest BCUT2D eigenvalue weighted by atomic mass is 9.97. The standard InChI is InChI=1S/C15H23Cl2N/c1-5-15(9-16,10-17)18-8-14-12(3)6-11(2)7-13(14)4/h6-7,18H,5,8-10H2,1-4H3. The van der Waals surface area contributed by atoms with Crippen LogP contribution in [0.4, 0.5) is 0 Å². The van der Waals surface area contributed by atoms with E-state index in [-0.39, 0.29) is 5.54 Å². The average molecular weight is 288 g/mol. The van der Waals surface area contributed by atoms with Crippen LogP contribution < -0.4 is 5.32 Å². The zero-order chi connectivity index (χ0) is 13.8. The van der Waals surface area contributed by atoms with E-state index in [9.17, 15) is 0 Å². The van der Waals surface area contributed by atoms with Gasteiger partial charge < -0.3 is 5.32 Å². The van der Waals surface area contributed by atoms with Gasteiger partial charge >= 0.3 is 0 Å². The Bertz CT molecular complexity index is 366. The van der Waals surface area contributed by atoms with Crippen LogP contribution in [0.2, 0.25) is 0 Å². The van der Waals surface area contributed by atoms with Crippen LogP contribution in [0.3, 0.4) is 0 Å². The van der Waals surface area contributed by atoms with Crippen molar-refractivity contribution >= 4 is 23.2 Å². The second-order valence-corrected chi connectivity index (χ2v) is 5.67. The van der Waals surface area contributed by atoms with Gasteiger partial charge in [0, 0.05) is 23.8 Å². The third kappa shape index (κ3) is 3.63. The molecular weight excluding hydrogens is 265 g/mol. The Balaban J connectivity index is 2.86. The van der Waals surface area contributed by atoms with Gasteiger partial charge in [-0.25, -0.2) is 0 Å². The maximum atomic E-state index is 6.05. The molecule has 0 aliphatic carbocycles. The lowest BCUT2D eigenvalue weighted by Crippen LogP contribution is -2.48. The van der Waals surface area contributed by atoms with Crippen molar-refractivity contribution in [2.24, 2.45) is 0 Å². The monoisotopic (exact) mass is 287 g/mol. The van der Waals surface area contributed by atoms with Crippen LogP contribution in [-0.4, -0.2) is 17.3 Å². The molecule has 1 rings (SSSR count). The summed E-state index contributed by atoms with van der Waals surface area (Å²) in [4.78, 5) is 0. The number of benzene rings is 1. The zero-order valence-corrected chi connectivity index (χ0v) is 13.3. The highest BCUT2D eigenvalue weighted by Gasteiger charge is 2.25. The molecule has 0 unspecified atom stereocenters. The molecule has 1 aromatic carbocycles. The highest BCUT2D eigenvalue weighted by molar-refractivity contribution is 6.22. The number of hydrogen-bond acceptors (Lipinski definition) is 1. The Morgan fingerprint density at radius 3 is 1.94 bits per heavy atom. The summed E-state index contributed by atoms with van der Waals surface area (Å²) >= 11 is 12.1. The van der Waals surface area contributed by atoms with E-state index in [0.717, 1.165) is 13.0 Å². The maximum absolute atomic E-state index is 6.05. The minimum atomic E-state index is -0.160. The smallest absolute Gasteiger partial charge is 0.0453 e. The summed E-state index contributed by atoms with van der Waals surface area (Å²) in [5, 5.41) is 3.54. The summed E-state index contributed by atoms with van der Waals surface area (Å²) in [7, 11) is 0. The molecule has 0 fully saturated rings. The molecule has 0 radical (unpaired) electrons. The van der Waals surface area contributed by atoms with Crippen LogP contribution in [0.15, 0.2) is 12.1 Å². The van der Waals surface area contributed by atoms with Crippen molar-refractivity contribution in [1.29, 1.82) is 0 Å². The summed E-state index contributed by atoms with van der Waals surface area (Å²) in [5.41, 5.74) is 5.16. The van der Waals surface area contributed by atoms with Gasteiger partial charge in [-0.15, -0.1) is 23.2 Å². The summed E-state index contributed by atoms with van der Waals surface area (Å²) in [6.45, 7) is 9.39. The fraction of sp³-hybridized carbons (Fsp3) is 0.600. The second-order valence-electron chi connectivity index (χ2n) is 5.13. The number of rotatable bonds is 6. The van der Waals surface area contributed by atoms with Crippen molar-refractivity contribution in [3.05, 3.63) is 34.4 Å². The molecule has 0 atom stereocenters. The molecular formula is C15H23Cl2N. The van der Waals surface area contributed by atoms with Gasteiger partial charge in [0.05, 0.1) is 0 Å². The van der Waals surface area contributed by atoms with E-state index < -0.39 is 0 Å². The van der Waals surface area contributed by atoms with Crippen LogP contribution in [0.25, 0.3) is 0 Å². The highest BCUT2D eigenvalue weighted by atomic mass is 35.5. The normalized spacial score (nSPS) is 11.9. The number of hydrogen-bond donors (Lipinski definition) is 1. The molecule has 3 heteroatoms. The Morgan fingerprint density at radius 1 is 1.06 bits per heavy atom. The highest BCUT2D eigenvalue weighted by Crippen LogP contribution is 2.20. The second kappa shape index (κ2) is 6.79. The van der Waals surface area contributed by atoms with Crippen molar-refractivity contribution in [3.63, 3.8) is 0 Å². The molecule has 102 valence electrons. The third-order valence-corrected chi connectivity index (χ3v) is 4.69. The minimum Gasteiger partial charge on any atom is -0.305 e. The number of nitrogens with one attached hydrogen (secondary N) is 1. The fourth-order valence-corrected chi connectivity index (χ4v) is 3.06. The fourth-order valence-electron chi connectivity index (χ4n) is 2.21. The Kier molecular flexibility index (Phi) is 5.97. The van der Waals surface area contributed by atoms with E-state index >= 15 is 0 Å². The first kappa shape index (κ1) is 15.8. The van der Waals surface area contributed by atoms with Gasteiger partial charge in [0.15, 0.2) is 0 Å². The zero-order valence-electron chi connectivity index (χ0n) is 11.7. The number of halogens is 2. The van der Waals surface area contributed by atoms with Crippen molar-refractivity contribution in [1.82, 2.24) is 5.32 Å². The van der Waals surface area contributed by atoms with Crippen LogP contribution in [-0.2, 0) is 6.54 Å². The third-order valence-electron chi connectivity index (χ3n) is 3.67. The van der Waals surface area contributed by atoms with Crippen LogP contribution in [0.1, 0.15) is 35.6 Å². The SMILES string of the molecule is CCC(CCl)(CCl)NCc1c(C)cc(C)cc1C. The molecule has 0 bridgehead atoms. The first-order chi connectivity index (χ1) is 8.48. The lowest BCUT2D eigenvalue weighted by molar-refractivity contribution is 0.384. The van der Waals surface area contributed by atoms with Crippen LogP contribution >= 0.6 is 23.2 Å². The first-order valence-corrected chi connectivity index (χ1v) is 7.48. The quantitative estimate of drug-likeness (QED) is 0.768. The predicted octanol–water partition coefficient (Wildman–Crippen LogP) is 4.33. The van der Waals surface area contributed by atoms with Gasteiger partial charge in [-0.2, -0.15) is 0 Å². The molecule has 0 spiro atoms. The van der Waals surface area contributed by atoms with Crippen molar-refractivity contribution in [3.8, 4) is 0 Å². The summed E-state index contributed by atoms with van der Waals surface area (Å²) in [6.07, 6.45) is 0.934. The average Bonchev–Trinajstić information content (AvgIpc) is 2.33. The van der Waals surface area contributed by atoms with Crippen molar-refractivity contribution < 1.29 is 0 Å². The predicted molar refractivity (Wildman–Crippen MR) is 82.0 cm³/mol. The van der Waals surface area contributed by atoms with E-state index in [1.54, 1.807) is 0 Å². The molecule has 1 N–H and O–H groups in total. The molecule has 0 aliphatic heterocycles. The molecule has 1 nitrogen and oxygen atoms in total. The van der Waals surface area contributed by atoms with Crippen molar-refractivity contribution in [2.45, 2.75) is 46.2 Å². The Hall–Kier alpha value is -0.240. The molecule has 1 aromatic rings. The van der Waals surface area contributed by atoms with Gasteiger partial charge in [0.2, 0.25) is 0 Å². The topological polar surface area (TPSA) is 12.0 Å². The molecule has 0 aromatic heterocycles. The van der Waals surface area contributed by atoms with E-state index in [2.05, 4.69) is 45.1 Å². The summed E-state index contributed by atoms with van der Waals surface area (Å²) in [6, 6.07) is 4.44. The van der Waals surface area contributed by atoms with E-state index in [0.29, 0.717) is 11.8 Å². The van der Waals surface area contributed by atoms with Gasteiger partial charge in [-0.3, -0.25) is 0 Å². The summed E-state index contributed by atoms with van der Waals surface area (Å²) < 4.78 is 0. The van der Waals surface area contributed by atoms with Crippen molar-refractivity contribution in [2.75, 3.05) is 11.8 Å². The Morgan fingerprint density at radius 2 is 1.56 bits per heavy atom. The molecule has 0 saturated heterocycles. The molecule has 0 amide bonds. The van der Waals surface area contributed by atoms with E-state index in [1.165, 1.54) is 22.3 Å². The largest absolute Gasteiger partial charge is 0.305 e. The van der Waals surface area contributed by atoms with Gasteiger partial charge in [-0.05, 0) is 43.9 Å². The summed E-state index contributed by atoms with van der Waals surface area (Å²) in [5.74, 6) is 1.08. The van der Waals surface area contributed by atoms with Gasteiger partial charge in [0.1, 0.15) is 0 Å². The minimum absolute atomic E-state index is 0.160. The molecule has 0 heterocycles. The number of aryl methyl sites for hydroxylation is 3. The van der Waals surface area contributed by atoms with Crippen LogP contribution in [0, 0.1) is 20.8 Å². The van der Waals surface area contributed by atoms with E-state index in [4.69, 9.17) is 23.2 Å². The number of alkyl halides is 2. The van der Waals surface area contributed by atoms with Gasteiger partial charge in [-0.1, -0.05) is 24.6 Å². The molecule has 18 heavy (non-hydrogen) atoms. The first-order valence-electron chi connectivity index (χ1n) is 6.41. The van der Waals surface area contributed by atoms with Crippen LogP contribution in [0.5, 0.6) is 0 Å². The van der Waals surface area contributed by atoms with E-state index in [1.807, 2.05) is 0 Å². The Labute approximate surface area is 121 Å². The van der Waals surface area contributed by atoms with Gasteiger partial charge in [0.25, 0.3) is 0 Å². The lowest BCUT2D eigenvalue weighted by Gasteiger charge is -2.30. The molecule has 0 saturated carbocycles. The molecule has 0 aliphatic rings. The maximum Gasteiger partial charge on any atom is 0.0453 e.